The zero-order chi connectivity index (χ0) is 38.7. The highest BCUT2D eigenvalue weighted by molar-refractivity contribution is 6.13. The fourth-order valence-electron chi connectivity index (χ4n) is 9.74. The van der Waals surface area contributed by atoms with E-state index in [0.29, 0.717) is 11.8 Å². The number of hydrogen-bond acceptors (Lipinski definition) is 4. The lowest BCUT2D eigenvalue weighted by Crippen LogP contribution is -2.34. The minimum atomic E-state index is -0.242. The number of aliphatic imine (C=N–C) groups is 2. The third kappa shape index (κ3) is 7.73. The zero-order valence-electron chi connectivity index (χ0n) is 33.3. The summed E-state index contributed by atoms with van der Waals surface area (Å²) in [6, 6.07) is 29.4. The van der Waals surface area contributed by atoms with Gasteiger partial charge < -0.3 is 5.32 Å². The highest BCUT2D eigenvalue weighted by Gasteiger charge is 2.27. The number of allylic oxidation sites excluding steroid dienone is 11. The van der Waals surface area contributed by atoms with Crippen molar-refractivity contribution in [3.05, 3.63) is 201 Å². The molecule has 1 aromatic heterocycles. The molecule has 4 aromatic rings. The van der Waals surface area contributed by atoms with E-state index in [1.165, 1.54) is 76.1 Å². The minimum Gasteiger partial charge on any atom is -0.344 e. The van der Waals surface area contributed by atoms with E-state index in [1.807, 2.05) is 0 Å². The van der Waals surface area contributed by atoms with Crippen LogP contribution in [0.1, 0.15) is 133 Å². The summed E-state index contributed by atoms with van der Waals surface area (Å²) in [4.78, 5) is 15.9. The molecule has 1 fully saturated rings. The van der Waals surface area contributed by atoms with Crippen LogP contribution in [0.15, 0.2) is 161 Å². The van der Waals surface area contributed by atoms with E-state index in [4.69, 9.17) is 15.0 Å². The fourth-order valence-corrected chi connectivity index (χ4v) is 9.74. The molecular formula is C54H52N4. The predicted molar refractivity (Wildman–Crippen MR) is 241 cm³/mol. The second-order valence-electron chi connectivity index (χ2n) is 16.8. The third-order valence-corrected chi connectivity index (χ3v) is 13.1. The number of aromatic nitrogens is 1. The minimum absolute atomic E-state index is 0.170. The first-order valence-corrected chi connectivity index (χ1v) is 21.7. The van der Waals surface area contributed by atoms with Crippen LogP contribution in [0.25, 0.3) is 17.7 Å². The number of benzene rings is 3. The molecule has 4 nitrogen and oxygen atoms in total. The Morgan fingerprint density at radius 3 is 2.24 bits per heavy atom. The molecule has 2 heterocycles. The number of pyridine rings is 1. The van der Waals surface area contributed by atoms with Gasteiger partial charge in [-0.15, -0.1) is 0 Å². The average molecular weight is 757 g/mol. The molecule has 288 valence electrons. The average Bonchev–Trinajstić information content (AvgIpc) is 3.32. The first-order valence-electron chi connectivity index (χ1n) is 21.7. The van der Waals surface area contributed by atoms with Crippen molar-refractivity contribution >= 4 is 29.4 Å². The number of fused-ring (bicyclic) bond motifs is 1. The highest BCUT2D eigenvalue weighted by Crippen LogP contribution is 2.38. The summed E-state index contributed by atoms with van der Waals surface area (Å²) in [5.74, 6) is 3.20. The van der Waals surface area contributed by atoms with E-state index < -0.39 is 0 Å². The first kappa shape index (κ1) is 36.5. The molecule has 1 N–H and O–H groups in total. The molecule has 10 rings (SSSR count). The number of nitrogens with one attached hydrogen (secondary N) is 1. The largest absolute Gasteiger partial charge is 0.344 e. The maximum atomic E-state index is 5.35. The molecule has 6 aliphatic rings. The number of hydrogen-bond donors (Lipinski definition) is 1. The van der Waals surface area contributed by atoms with E-state index in [2.05, 4.69) is 163 Å². The molecule has 0 radical (unpaired) electrons. The molecule has 0 spiro atoms. The molecule has 0 amide bonds. The Kier molecular flexibility index (Phi) is 10.4. The van der Waals surface area contributed by atoms with Crippen LogP contribution in [0.5, 0.6) is 0 Å². The smallest absolute Gasteiger partial charge is 0.155 e. The number of amidine groups is 2. The van der Waals surface area contributed by atoms with E-state index in [9.17, 15) is 0 Å². The Balaban J connectivity index is 0.962. The quantitative estimate of drug-likeness (QED) is 0.195. The number of rotatable bonds is 8. The van der Waals surface area contributed by atoms with Gasteiger partial charge in [0.05, 0.1) is 5.69 Å². The van der Waals surface area contributed by atoms with Crippen LogP contribution in [0.3, 0.4) is 0 Å². The van der Waals surface area contributed by atoms with Crippen molar-refractivity contribution in [2.75, 3.05) is 0 Å². The lowest BCUT2D eigenvalue weighted by atomic mass is 9.83. The van der Waals surface area contributed by atoms with E-state index >= 15 is 0 Å². The van der Waals surface area contributed by atoms with Gasteiger partial charge in [-0.25, -0.2) is 9.98 Å². The maximum absolute atomic E-state index is 5.35. The van der Waals surface area contributed by atoms with Gasteiger partial charge in [-0.1, -0.05) is 165 Å². The summed E-state index contributed by atoms with van der Waals surface area (Å²) in [6.45, 7) is 0. The summed E-state index contributed by atoms with van der Waals surface area (Å²) >= 11 is 0. The van der Waals surface area contributed by atoms with Crippen LogP contribution < -0.4 is 15.8 Å². The van der Waals surface area contributed by atoms with Crippen molar-refractivity contribution < 1.29 is 0 Å². The normalized spacial score (nSPS) is 24.0. The van der Waals surface area contributed by atoms with Crippen LogP contribution in [0.2, 0.25) is 0 Å². The van der Waals surface area contributed by atoms with Crippen molar-refractivity contribution in [3.63, 3.8) is 0 Å². The second-order valence-corrected chi connectivity index (χ2v) is 16.8. The van der Waals surface area contributed by atoms with Gasteiger partial charge in [-0.05, 0) is 101 Å². The van der Waals surface area contributed by atoms with Gasteiger partial charge in [0.25, 0.3) is 0 Å². The molecule has 5 aliphatic carbocycles. The van der Waals surface area contributed by atoms with Gasteiger partial charge in [0.1, 0.15) is 12.0 Å². The SMILES string of the molecule is C1=CCCC(c2cc(C3C=CC=C(C4=NC(c5ccc(C6C=CC=CC6)cc5)NC(c5ccc(C6CCCCC6)cc5)=N4)C3)cnc2C2C=c3ccccc3=CC2)=C1. The Morgan fingerprint density at radius 1 is 0.638 bits per heavy atom. The summed E-state index contributed by atoms with van der Waals surface area (Å²) in [6.07, 6.45) is 40.6. The van der Waals surface area contributed by atoms with E-state index in [1.54, 1.807) is 0 Å². The Bertz CT molecular complexity index is 2550. The summed E-state index contributed by atoms with van der Waals surface area (Å²) < 4.78 is 0. The topological polar surface area (TPSA) is 49.6 Å². The van der Waals surface area contributed by atoms with Crippen molar-refractivity contribution in [3.8, 4) is 0 Å². The predicted octanol–water partition coefficient (Wildman–Crippen LogP) is 11.3. The molecule has 1 saturated carbocycles. The van der Waals surface area contributed by atoms with Crippen LogP contribution >= 0.6 is 0 Å². The van der Waals surface area contributed by atoms with Crippen molar-refractivity contribution in [1.82, 2.24) is 10.3 Å². The molecule has 4 unspecified atom stereocenters. The lowest BCUT2D eigenvalue weighted by Gasteiger charge is -2.27. The summed E-state index contributed by atoms with van der Waals surface area (Å²) in [5.41, 5.74) is 11.3. The maximum Gasteiger partial charge on any atom is 0.155 e. The second kappa shape index (κ2) is 16.5. The molecule has 0 saturated heterocycles. The molecule has 1 aliphatic heterocycles. The van der Waals surface area contributed by atoms with Gasteiger partial charge in [-0.2, -0.15) is 0 Å². The summed E-state index contributed by atoms with van der Waals surface area (Å²) in [5, 5.41) is 6.37. The monoisotopic (exact) mass is 756 g/mol. The highest BCUT2D eigenvalue weighted by atomic mass is 15.2. The van der Waals surface area contributed by atoms with Gasteiger partial charge in [0, 0.05) is 35.1 Å². The van der Waals surface area contributed by atoms with Crippen LogP contribution in [-0.4, -0.2) is 16.7 Å². The zero-order valence-corrected chi connectivity index (χ0v) is 33.3. The fraction of sp³-hybridized carbons (Fsp3) is 0.278. The molecular weight excluding hydrogens is 705 g/mol. The van der Waals surface area contributed by atoms with E-state index in [-0.39, 0.29) is 18.0 Å². The first-order chi connectivity index (χ1) is 28.7. The molecule has 4 atom stereocenters. The molecule has 58 heavy (non-hydrogen) atoms. The van der Waals surface area contributed by atoms with Crippen LogP contribution in [0.4, 0.5) is 0 Å². The van der Waals surface area contributed by atoms with Gasteiger partial charge in [0.15, 0.2) is 5.84 Å². The molecule has 3 aromatic carbocycles. The Labute approximate surface area is 343 Å². The number of nitrogens with zero attached hydrogens (tertiary/aromatic N) is 3. The van der Waals surface area contributed by atoms with Crippen molar-refractivity contribution in [1.29, 1.82) is 0 Å². The molecule has 0 bridgehead atoms. The summed E-state index contributed by atoms with van der Waals surface area (Å²) in [7, 11) is 0. The van der Waals surface area contributed by atoms with Gasteiger partial charge in [0.2, 0.25) is 0 Å². The van der Waals surface area contributed by atoms with Crippen molar-refractivity contribution in [2.24, 2.45) is 9.98 Å². The van der Waals surface area contributed by atoms with E-state index in [0.717, 1.165) is 60.5 Å². The Hall–Kier alpha value is -5.87. The van der Waals surface area contributed by atoms with Gasteiger partial charge in [-0.3, -0.25) is 4.98 Å². The van der Waals surface area contributed by atoms with Crippen molar-refractivity contribution in [2.45, 2.75) is 94.0 Å². The Morgan fingerprint density at radius 2 is 1.43 bits per heavy atom. The molecule has 4 heteroatoms. The standard InChI is InChI=1S/C54H52N4/c1-4-13-37(14-5-1)40-23-28-43(29-24-40)52-56-53(44-30-25-41(26-31-44)38-15-6-2-7-16-38)58-54(57-52)48-22-12-21-46(34-48)49-35-50(42-18-8-3-9-19-42)51(55-36-49)47-32-27-39-17-10-11-20-45(39)33-47/h1,3-5,8,10-13,17-18,20-31,33,35-38,46-47,52H,2,6-7,9,14-16,19,32,34H2,(H,56,57,58). The van der Waals surface area contributed by atoms with Crippen LogP contribution in [-0.2, 0) is 0 Å². The lowest BCUT2D eigenvalue weighted by molar-refractivity contribution is 0.443. The third-order valence-electron chi connectivity index (χ3n) is 13.1. The van der Waals surface area contributed by atoms with Crippen LogP contribution in [0, 0.1) is 0 Å². The van der Waals surface area contributed by atoms with Gasteiger partial charge >= 0.3 is 0 Å².